The average molecular weight is 208 g/mol. The molecule has 0 bridgehead atoms. The minimum atomic E-state index is -1.24. The van der Waals surface area contributed by atoms with Crippen molar-refractivity contribution in [3.05, 3.63) is 24.3 Å². The van der Waals surface area contributed by atoms with Crippen LogP contribution in [-0.2, 0) is 4.79 Å². The Morgan fingerprint density at radius 1 is 1.14 bits per heavy atom. The van der Waals surface area contributed by atoms with E-state index in [-0.39, 0.29) is 5.97 Å². The molecule has 3 heteroatoms. The zero-order chi connectivity index (χ0) is 10.8. The lowest BCUT2D eigenvalue weighted by Crippen LogP contribution is -2.37. The Bertz CT molecular complexity index is 322. The van der Waals surface area contributed by atoms with Gasteiger partial charge in [-0.15, -0.1) is 0 Å². The van der Waals surface area contributed by atoms with Crippen molar-refractivity contribution in [1.82, 2.24) is 0 Å². The first kappa shape index (κ1) is 11.0. The van der Waals surface area contributed by atoms with E-state index in [4.69, 9.17) is 4.74 Å². The van der Waals surface area contributed by atoms with Gasteiger partial charge in [0.2, 0.25) is 0 Å². The van der Waals surface area contributed by atoms with Gasteiger partial charge in [-0.1, -0.05) is 37.0 Å². The van der Waals surface area contributed by atoms with E-state index in [1.807, 2.05) is 24.3 Å². The van der Waals surface area contributed by atoms with Crippen LogP contribution in [0.3, 0.4) is 0 Å². The van der Waals surface area contributed by atoms with Gasteiger partial charge in [-0.05, 0) is 12.1 Å². The van der Waals surface area contributed by atoms with Crippen molar-refractivity contribution in [2.45, 2.75) is 26.6 Å². The molecule has 0 aliphatic heterocycles. The van der Waals surface area contributed by atoms with Crippen LogP contribution in [0, 0.1) is 0 Å². The molecular formula is C11H16O2Si. The smallest absolute Gasteiger partial charge is 0.308 e. The average Bonchev–Trinajstić information content (AvgIpc) is 2.02. The summed E-state index contributed by atoms with van der Waals surface area (Å²) in [5.41, 5.74) is 0. The van der Waals surface area contributed by atoms with Crippen molar-refractivity contribution in [3.63, 3.8) is 0 Å². The van der Waals surface area contributed by atoms with E-state index in [9.17, 15) is 4.79 Å². The second-order valence-corrected chi connectivity index (χ2v) is 9.45. The summed E-state index contributed by atoms with van der Waals surface area (Å²) in [5, 5.41) is 1.37. The summed E-state index contributed by atoms with van der Waals surface area (Å²) >= 11 is 0. The lowest BCUT2D eigenvalue weighted by atomic mass is 10.3. The van der Waals surface area contributed by atoms with E-state index in [0.29, 0.717) is 5.75 Å². The van der Waals surface area contributed by atoms with Crippen LogP contribution in [0.15, 0.2) is 24.3 Å². The highest BCUT2D eigenvalue weighted by Crippen LogP contribution is 2.10. The highest BCUT2D eigenvalue weighted by molar-refractivity contribution is 6.88. The predicted octanol–water partition coefficient (Wildman–Crippen LogP) is 2.16. The van der Waals surface area contributed by atoms with Crippen LogP contribution < -0.4 is 9.92 Å². The molecule has 0 heterocycles. The number of ether oxygens (including phenoxy) is 1. The van der Waals surface area contributed by atoms with Gasteiger partial charge in [0.15, 0.2) is 0 Å². The first-order chi connectivity index (χ1) is 6.39. The lowest BCUT2D eigenvalue weighted by molar-refractivity contribution is -0.131. The molecule has 0 saturated heterocycles. The minimum Gasteiger partial charge on any atom is -0.427 e. The largest absolute Gasteiger partial charge is 0.427 e. The molecule has 14 heavy (non-hydrogen) atoms. The zero-order valence-electron chi connectivity index (χ0n) is 9.13. The van der Waals surface area contributed by atoms with Crippen LogP contribution >= 0.6 is 0 Å². The summed E-state index contributed by atoms with van der Waals surface area (Å²) in [7, 11) is -1.24. The van der Waals surface area contributed by atoms with E-state index in [0.717, 1.165) is 0 Å². The molecule has 0 amide bonds. The van der Waals surface area contributed by atoms with Gasteiger partial charge in [-0.3, -0.25) is 4.79 Å². The van der Waals surface area contributed by atoms with E-state index in [1.165, 1.54) is 12.1 Å². The van der Waals surface area contributed by atoms with Crippen LogP contribution in [0.5, 0.6) is 5.75 Å². The molecule has 0 radical (unpaired) electrons. The Labute approximate surface area is 85.9 Å². The Kier molecular flexibility index (Phi) is 3.11. The molecule has 0 aliphatic rings. The third kappa shape index (κ3) is 2.99. The van der Waals surface area contributed by atoms with Gasteiger partial charge >= 0.3 is 5.97 Å². The Morgan fingerprint density at radius 2 is 1.64 bits per heavy atom. The monoisotopic (exact) mass is 208 g/mol. The maximum atomic E-state index is 10.7. The van der Waals surface area contributed by atoms with E-state index in [1.54, 1.807) is 0 Å². The maximum absolute atomic E-state index is 10.7. The summed E-state index contributed by atoms with van der Waals surface area (Å²) < 4.78 is 4.96. The highest BCUT2D eigenvalue weighted by atomic mass is 28.3. The quantitative estimate of drug-likeness (QED) is 0.423. The van der Waals surface area contributed by atoms with Crippen molar-refractivity contribution in [1.29, 1.82) is 0 Å². The number of rotatable bonds is 2. The fourth-order valence-electron chi connectivity index (χ4n) is 1.19. The maximum Gasteiger partial charge on any atom is 0.308 e. The first-order valence-electron chi connectivity index (χ1n) is 4.68. The molecule has 0 fully saturated rings. The Hall–Kier alpha value is -1.09. The standard InChI is InChI=1S/C11H16O2Si/c1-9(12)13-10-5-7-11(8-6-10)14(2,3)4/h5-8H,1-4H3. The number of carbonyl (C=O) groups is 1. The molecule has 1 aromatic rings. The molecule has 1 rings (SSSR count). The number of esters is 1. The minimum absolute atomic E-state index is 0.272. The van der Waals surface area contributed by atoms with Gasteiger partial charge in [0.1, 0.15) is 5.75 Å². The second kappa shape index (κ2) is 3.96. The first-order valence-corrected chi connectivity index (χ1v) is 8.18. The van der Waals surface area contributed by atoms with Crippen molar-refractivity contribution in [2.24, 2.45) is 0 Å². The molecule has 76 valence electrons. The van der Waals surface area contributed by atoms with Gasteiger partial charge in [-0.2, -0.15) is 0 Å². The van der Waals surface area contributed by atoms with Gasteiger partial charge in [0.25, 0.3) is 0 Å². The summed E-state index contributed by atoms with van der Waals surface area (Å²) in [4.78, 5) is 10.7. The second-order valence-electron chi connectivity index (χ2n) is 4.37. The molecule has 0 saturated carbocycles. The molecular weight excluding hydrogens is 192 g/mol. The molecule has 2 nitrogen and oxygen atoms in total. The molecule has 0 unspecified atom stereocenters. The summed E-state index contributed by atoms with van der Waals surface area (Å²) in [6.07, 6.45) is 0. The van der Waals surface area contributed by atoms with Gasteiger partial charge in [-0.25, -0.2) is 0 Å². The van der Waals surface area contributed by atoms with Crippen LogP contribution in [0.25, 0.3) is 0 Å². The fourth-order valence-corrected chi connectivity index (χ4v) is 2.36. The number of hydrogen-bond donors (Lipinski definition) is 0. The highest BCUT2D eigenvalue weighted by Gasteiger charge is 2.15. The third-order valence-corrected chi connectivity index (χ3v) is 4.05. The van der Waals surface area contributed by atoms with Crippen LogP contribution in [0.4, 0.5) is 0 Å². The lowest BCUT2D eigenvalue weighted by Gasteiger charge is -2.16. The van der Waals surface area contributed by atoms with Crippen LogP contribution in [-0.4, -0.2) is 14.0 Å². The Morgan fingerprint density at radius 3 is 2.00 bits per heavy atom. The molecule has 0 spiro atoms. The molecule has 1 aromatic carbocycles. The van der Waals surface area contributed by atoms with Crippen LogP contribution in [0.2, 0.25) is 19.6 Å². The topological polar surface area (TPSA) is 26.3 Å². The SMILES string of the molecule is CC(=O)Oc1ccc([Si](C)(C)C)cc1. The van der Waals surface area contributed by atoms with E-state index in [2.05, 4.69) is 19.6 Å². The predicted molar refractivity (Wildman–Crippen MR) is 60.7 cm³/mol. The summed E-state index contributed by atoms with van der Waals surface area (Å²) in [5.74, 6) is 0.352. The molecule has 0 atom stereocenters. The molecule has 0 N–H and O–H groups in total. The van der Waals surface area contributed by atoms with Crippen molar-refractivity contribution < 1.29 is 9.53 Å². The van der Waals surface area contributed by atoms with E-state index < -0.39 is 8.07 Å². The van der Waals surface area contributed by atoms with Crippen molar-refractivity contribution in [2.75, 3.05) is 0 Å². The summed E-state index contributed by atoms with van der Waals surface area (Å²) in [6.45, 7) is 8.27. The third-order valence-electron chi connectivity index (χ3n) is 1.98. The van der Waals surface area contributed by atoms with Crippen molar-refractivity contribution in [3.8, 4) is 5.75 Å². The van der Waals surface area contributed by atoms with Crippen LogP contribution in [0.1, 0.15) is 6.92 Å². The van der Waals surface area contributed by atoms with E-state index >= 15 is 0 Å². The van der Waals surface area contributed by atoms with Crippen molar-refractivity contribution >= 4 is 19.2 Å². The van der Waals surface area contributed by atoms with Gasteiger partial charge in [0, 0.05) is 6.92 Å². The zero-order valence-corrected chi connectivity index (χ0v) is 10.1. The fraction of sp³-hybridized carbons (Fsp3) is 0.364. The number of benzene rings is 1. The molecule has 0 aromatic heterocycles. The summed E-state index contributed by atoms with van der Waals surface area (Å²) in [6, 6.07) is 7.80. The van der Waals surface area contributed by atoms with Gasteiger partial charge < -0.3 is 4.74 Å². The van der Waals surface area contributed by atoms with Gasteiger partial charge in [0.05, 0.1) is 8.07 Å². The molecule has 0 aliphatic carbocycles. The number of hydrogen-bond acceptors (Lipinski definition) is 2. The number of carbonyl (C=O) groups excluding carboxylic acids is 1. The Balaban J connectivity index is 2.84. The normalized spacial score (nSPS) is 11.1.